The zero-order valence-corrected chi connectivity index (χ0v) is 10.8. The van der Waals surface area contributed by atoms with Crippen molar-refractivity contribution in [2.24, 2.45) is 0 Å². The highest BCUT2D eigenvalue weighted by atomic mass is 32.2. The number of hydrogen-bond donors (Lipinski definition) is 1. The Bertz CT molecular complexity index is 398. The highest BCUT2D eigenvalue weighted by Crippen LogP contribution is 2.14. The number of halogens is 2. The molecule has 0 aliphatic heterocycles. The Morgan fingerprint density at radius 3 is 2.71 bits per heavy atom. The average molecular weight is 261 g/mol. The van der Waals surface area contributed by atoms with E-state index in [0.29, 0.717) is 12.2 Å². The first-order valence-electron chi connectivity index (χ1n) is 5.61. The van der Waals surface area contributed by atoms with Crippen molar-refractivity contribution < 1.29 is 13.0 Å². The van der Waals surface area contributed by atoms with Crippen LogP contribution in [0.25, 0.3) is 0 Å². The van der Waals surface area contributed by atoms with Gasteiger partial charge in [-0.25, -0.2) is 8.78 Å². The summed E-state index contributed by atoms with van der Waals surface area (Å²) in [6, 6.07) is 3.39. The Morgan fingerprint density at radius 2 is 2.12 bits per heavy atom. The average Bonchev–Trinajstić information content (AvgIpc) is 2.26. The first-order chi connectivity index (χ1) is 8.04. The third kappa shape index (κ3) is 4.52. The van der Waals surface area contributed by atoms with Crippen LogP contribution in [-0.2, 0) is 10.8 Å². The third-order valence-corrected chi connectivity index (χ3v) is 3.86. The first-order valence-corrected chi connectivity index (χ1v) is 6.93. The van der Waals surface area contributed by atoms with E-state index in [1.165, 1.54) is 6.07 Å². The molecule has 1 N–H and O–H groups in total. The van der Waals surface area contributed by atoms with Gasteiger partial charge in [-0.05, 0) is 32.0 Å². The Morgan fingerprint density at radius 1 is 1.41 bits per heavy atom. The second kappa shape index (κ2) is 6.81. The minimum Gasteiger partial charge on any atom is -0.315 e. The van der Waals surface area contributed by atoms with Crippen molar-refractivity contribution in [1.29, 1.82) is 0 Å². The molecule has 0 radical (unpaired) electrons. The lowest BCUT2D eigenvalue weighted by Gasteiger charge is -2.11. The number of hydrogen-bond acceptors (Lipinski definition) is 2. The van der Waals surface area contributed by atoms with Gasteiger partial charge in [0.1, 0.15) is 11.6 Å². The Balaban J connectivity index is 2.58. The predicted octanol–water partition coefficient (Wildman–Crippen LogP) is 2.46. The van der Waals surface area contributed by atoms with Gasteiger partial charge in [-0.1, -0.05) is 6.92 Å². The second-order valence-electron chi connectivity index (χ2n) is 3.87. The summed E-state index contributed by atoms with van der Waals surface area (Å²) in [4.78, 5) is 0.0788. The molecule has 2 nitrogen and oxygen atoms in total. The second-order valence-corrected chi connectivity index (χ2v) is 5.41. The van der Waals surface area contributed by atoms with E-state index in [4.69, 9.17) is 0 Å². The maximum Gasteiger partial charge on any atom is 0.142 e. The number of rotatable bonds is 6. The molecule has 2 atom stereocenters. The zero-order chi connectivity index (χ0) is 12.8. The molecule has 0 aliphatic carbocycles. The molecule has 17 heavy (non-hydrogen) atoms. The van der Waals surface area contributed by atoms with Crippen molar-refractivity contribution in [3.63, 3.8) is 0 Å². The van der Waals surface area contributed by atoms with E-state index in [2.05, 4.69) is 5.32 Å². The van der Waals surface area contributed by atoms with Gasteiger partial charge >= 0.3 is 0 Å². The number of nitrogens with one attached hydrogen (secondary N) is 1. The third-order valence-electron chi connectivity index (χ3n) is 2.43. The smallest absolute Gasteiger partial charge is 0.142 e. The van der Waals surface area contributed by atoms with Gasteiger partial charge < -0.3 is 5.32 Å². The standard InChI is InChI=1S/C12H17F2NOS/c1-3-15-9(2)6-7-17(16)12-5-4-10(13)8-11(12)14/h4-5,8-9,15H,3,6-7H2,1-2H3. The van der Waals surface area contributed by atoms with Gasteiger partial charge in [0.05, 0.1) is 15.7 Å². The molecule has 0 heterocycles. The largest absolute Gasteiger partial charge is 0.315 e. The van der Waals surface area contributed by atoms with Crippen LogP contribution in [0.4, 0.5) is 8.78 Å². The van der Waals surface area contributed by atoms with Crippen molar-refractivity contribution in [2.75, 3.05) is 12.3 Å². The van der Waals surface area contributed by atoms with Crippen LogP contribution in [0, 0.1) is 11.6 Å². The fourth-order valence-corrected chi connectivity index (χ4v) is 2.79. The summed E-state index contributed by atoms with van der Waals surface area (Å²) in [5, 5.41) is 3.19. The van der Waals surface area contributed by atoms with Crippen LogP contribution < -0.4 is 5.32 Å². The lowest BCUT2D eigenvalue weighted by atomic mass is 10.3. The normalized spacial score (nSPS) is 14.6. The lowest BCUT2D eigenvalue weighted by Crippen LogP contribution is -2.27. The minimum atomic E-state index is -1.41. The van der Waals surface area contributed by atoms with Gasteiger partial charge in [-0.3, -0.25) is 4.21 Å². The molecule has 5 heteroatoms. The highest BCUT2D eigenvalue weighted by molar-refractivity contribution is 7.85. The van der Waals surface area contributed by atoms with Gasteiger partial charge in [0, 0.05) is 17.9 Å². The summed E-state index contributed by atoms with van der Waals surface area (Å²) in [6.45, 7) is 4.83. The van der Waals surface area contributed by atoms with E-state index in [1.54, 1.807) is 0 Å². The maximum atomic E-state index is 13.3. The SMILES string of the molecule is CCNC(C)CCS(=O)c1ccc(F)cc1F. The molecule has 96 valence electrons. The van der Waals surface area contributed by atoms with Gasteiger partial charge in [0.15, 0.2) is 0 Å². The molecule has 2 unspecified atom stereocenters. The van der Waals surface area contributed by atoms with Crippen molar-refractivity contribution >= 4 is 10.8 Å². The van der Waals surface area contributed by atoms with E-state index in [-0.39, 0.29) is 10.9 Å². The molecule has 0 spiro atoms. The predicted molar refractivity (Wildman–Crippen MR) is 65.4 cm³/mol. The summed E-state index contributed by atoms with van der Waals surface area (Å²) < 4.78 is 37.8. The van der Waals surface area contributed by atoms with E-state index < -0.39 is 22.4 Å². The van der Waals surface area contributed by atoms with Gasteiger partial charge in [-0.2, -0.15) is 0 Å². The fourth-order valence-electron chi connectivity index (χ4n) is 1.50. The zero-order valence-electron chi connectivity index (χ0n) is 10.0. The molecule has 1 rings (SSSR count). The van der Waals surface area contributed by atoms with Gasteiger partial charge in [0.25, 0.3) is 0 Å². The molecule has 0 aliphatic rings. The van der Waals surface area contributed by atoms with Crippen LogP contribution >= 0.6 is 0 Å². The Hall–Kier alpha value is -0.810. The Kier molecular flexibility index (Phi) is 5.71. The van der Waals surface area contributed by atoms with Crippen molar-refractivity contribution in [3.05, 3.63) is 29.8 Å². The molecular weight excluding hydrogens is 244 g/mol. The summed E-state index contributed by atoms with van der Waals surface area (Å²) in [6.07, 6.45) is 0.692. The minimum absolute atomic E-state index is 0.0788. The van der Waals surface area contributed by atoms with Crippen LogP contribution in [0.3, 0.4) is 0 Å². The highest BCUT2D eigenvalue weighted by Gasteiger charge is 2.12. The topological polar surface area (TPSA) is 29.1 Å². The van der Waals surface area contributed by atoms with E-state index in [0.717, 1.165) is 18.7 Å². The molecular formula is C12H17F2NOS. The molecule has 0 bridgehead atoms. The monoisotopic (exact) mass is 261 g/mol. The molecule has 1 aromatic carbocycles. The molecule has 0 aromatic heterocycles. The van der Waals surface area contributed by atoms with Gasteiger partial charge in [0.2, 0.25) is 0 Å². The quantitative estimate of drug-likeness (QED) is 0.852. The number of benzene rings is 1. The molecule has 0 saturated heterocycles. The molecule has 0 saturated carbocycles. The van der Waals surface area contributed by atoms with Crippen LogP contribution in [-0.4, -0.2) is 22.5 Å². The van der Waals surface area contributed by atoms with Crippen molar-refractivity contribution in [3.8, 4) is 0 Å². The molecule has 0 amide bonds. The van der Waals surface area contributed by atoms with E-state index >= 15 is 0 Å². The van der Waals surface area contributed by atoms with Crippen LogP contribution in [0.1, 0.15) is 20.3 Å². The first kappa shape index (κ1) is 14.3. The maximum absolute atomic E-state index is 13.3. The summed E-state index contributed by atoms with van der Waals surface area (Å²) in [5.41, 5.74) is 0. The van der Waals surface area contributed by atoms with E-state index in [9.17, 15) is 13.0 Å². The summed E-state index contributed by atoms with van der Waals surface area (Å²) >= 11 is 0. The van der Waals surface area contributed by atoms with Crippen LogP contribution in [0.15, 0.2) is 23.1 Å². The van der Waals surface area contributed by atoms with Crippen molar-refractivity contribution in [2.45, 2.75) is 31.2 Å². The lowest BCUT2D eigenvalue weighted by molar-refractivity contribution is 0.548. The van der Waals surface area contributed by atoms with Crippen LogP contribution in [0.2, 0.25) is 0 Å². The summed E-state index contributed by atoms with van der Waals surface area (Å²) in [7, 11) is -1.41. The molecule has 0 fully saturated rings. The van der Waals surface area contributed by atoms with Crippen LogP contribution in [0.5, 0.6) is 0 Å². The van der Waals surface area contributed by atoms with E-state index in [1.807, 2.05) is 13.8 Å². The Labute approximate surface area is 103 Å². The van der Waals surface area contributed by atoms with Crippen molar-refractivity contribution in [1.82, 2.24) is 5.32 Å². The molecule has 1 aromatic rings. The summed E-state index contributed by atoms with van der Waals surface area (Å²) in [5.74, 6) is -1.01. The fraction of sp³-hybridized carbons (Fsp3) is 0.500. The van der Waals surface area contributed by atoms with Gasteiger partial charge in [-0.15, -0.1) is 0 Å².